The number of nitrogens with one attached hydrogen (secondary N) is 1. The lowest BCUT2D eigenvalue weighted by Crippen LogP contribution is -2.30. The number of hydrogen-bond donors (Lipinski definition) is 1. The van der Waals surface area contributed by atoms with Crippen LogP contribution in [0.5, 0.6) is 5.75 Å². The Kier molecular flexibility index (Phi) is 15.8. The highest BCUT2D eigenvalue weighted by Crippen LogP contribution is 2.34. The lowest BCUT2D eigenvalue weighted by atomic mass is 9.96. The molecule has 294 valence electrons. The van der Waals surface area contributed by atoms with Crippen molar-refractivity contribution in [3.8, 4) is 16.9 Å². The first kappa shape index (κ1) is 41.6. The molecular weight excluding hydrogens is 713 g/mol. The molecule has 3 aromatic rings. The Morgan fingerprint density at radius 1 is 0.927 bits per heavy atom. The van der Waals surface area contributed by atoms with Crippen molar-refractivity contribution in [2.24, 2.45) is 15.9 Å². The van der Waals surface area contributed by atoms with Crippen LogP contribution in [0.4, 0.5) is 11.4 Å². The number of hydrogen-bond acceptors (Lipinski definition) is 9. The molecule has 0 saturated carbocycles. The summed E-state index contributed by atoms with van der Waals surface area (Å²) in [5, 5.41) is 3.08. The van der Waals surface area contributed by atoms with Crippen molar-refractivity contribution in [1.82, 2.24) is 0 Å². The number of benzene rings is 3. The second-order valence-corrected chi connectivity index (χ2v) is 15.8. The summed E-state index contributed by atoms with van der Waals surface area (Å²) in [6.45, 7) is 12.3. The number of unbranched alkanes of at least 4 members (excludes halogenated alkanes) is 1. The van der Waals surface area contributed by atoms with Crippen LogP contribution in [-0.2, 0) is 29.9 Å². The second-order valence-electron chi connectivity index (χ2n) is 14.4. The molecule has 1 N–H and O–H groups in total. The highest BCUT2D eigenvalue weighted by atomic mass is 32.2. The zero-order valence-electron chi connectivity index (χ0n) is 32.8. The van der Waals surface area contributed by atoms with Crippen LogP contribution in [-0.4, -0.2) is 79.4 Å². The molecule has 0 fully saturated rings. The predicted molar refractivity (Wildman–Crippen MR) is 224 cm³/mol. The third kappa shape index (κ3) is 12.4. The van der Waals surface area contributed by atoms with Gasteiger partial charge in [0.25, 0.3) is 5.91 Å². The van der Waals surface area contributed by atoms with Gasteiger partial charge in [-0.25, -0.2) is 0 Å². The zero-order valence-corrected chi connectivity index (χ0v) is 33.6. The summed E-state index contributed by atoms with van der Waals surface area (Å²) < 4.78 is 30.0. The second kappa shape index (κ2) is 20.9. The predicted octanol–water partition coefficient (Wildman–Crippen LogP) is 8.52. The topological polar surface area (TPSA) is 119 Å². The molecule has 2 aliphatic heterocycles. The number of carbonyl (C=O) groups excluding carboxylic acids is 2. The molecule has 1 amide bonds. The highest BCUT2D eigenvalue weighted by molar-refractivity contribution is 7.85. The van der Waals surface area contributed by atoms with Gasteiger partial charge in [-0.1, -0.05) is 45.4 Å². The van der Waals surface area contributed by atoms with Crippen LogP contribution in [0.2, 0.25) is 0 Å². The molecule has 0 spiro atoms. The fraction of sp³-hybridized carbons (Fsp3) is 0.455. The number of aliphatic imine (C=N–C) groups is 2. The number of esters is 1. The van der Waals surface area contributed by atoms with Crippen LogP contribution in [0.3, 0.4) is 0 Å². The quantitative estimate of drug-likeness (QED) is 0.0905. The maximum atomic E-state index is 13.8. The summed E-state index contributed by atoms with van der Waals surface area (Å²) in [4.78, 5) is 37.7. The minimum absolute atomic E-state index is 0.155. The molecule has 2 aliphatic rings. The van der Waals surface area contributed by atoms with E-state index >= 15 is 0 Å². The van der Waals surface area contributed by atoms with Crippen LogP contribution in [0.15, 0.2) is 87.2 Å². The molecule has 1 atom stereocenters. The Labute approximate surface area is 328 Å². The average molecular weight is 769 g/mol. The van der Waals surface area contributed by atoms with Gasteiger partial charge in [0.1, 0.15) is 12.4 Å². The first-order valence-electron chi connectivity index (χ1n) is 19.6. The molecule has 11 heteroatoms. The Morgan fingerprint density at radius 2 is 1.67 bits per heavy atom. The molecule has 0 aromatic heterocycles. The lowest BCUT2D eigenvalue weighted by molar-refractivity contribution is -0.143. The summed E-state index contributed by atoms with van der Waals surface area (Å²) >= 11 is 0. The molecule has 55 heavy (non-hydrogen) atoms. The molecule has 5 rings (SSSR count). The Bertz CT molecular complexity index is 1830. The summed E-state index contributed by atoms with van der Waals surface area (Å²) in [5.74, 6) is 1.08. The van der Waals surface area contributed by atoms with Crippen molar-refractivity contribution in [3.63, 3.8) is 0 Å². The van der Waals surface area contributed by atoms with Crippen LogP contribution < -0.4 is 15.0 Å². The van der Waals surface area contributed by atoms with E-state index in [4.69, 9.17) is 14.2 Å². The third-order valence-corrected chi connectivity index (χ3v) is 11.0. The van der Waals surface area contributed by atoms with Gasteiger partial charge in [0.2, 0.25) is 0 Å². The number of rotatable bonds is 20. The Balaban J connectivity index is 1.26. The maximum Gasteiger partial charge on any atom is 0.305 e. The number of ether oxygens (including phenoxy) is 3. The van der Waals surface area contributed by atoms with Crippen molar-refractivity contribution >= 4 is 52.6 Å². The Morgan fingerprint density at radius 3 is 2.38 bits per heavy atom. The molecule has 0 bridgehead atoms. The standard InChI is InChI=1S/C44H56N4O6S/c1-5-7-26-52-27-28-54-39-17-12-34(13-18-39)35-14-21-41-37(29-35)30-36(10-9-25-48(41)31-33(3)4)43(50)47-38-15-19-40(20-16-38)55(51)32-44(45-23-24-46-44)22-8-11-42(49)53-6-2/h12-21,23-24,29-30,33H,5-11,22,25-28,31-32H2,1-4H3,(H,47,50). The van der Waals surface area contributed by atoms with E-state index in [1.165, 1.54) is 0 Å². The Hall–Kier alpha value is -4.61. The van der Waals surface area contributed by atoms with Gasteiger partial charge in [0.05, 0.1) is 29.8 Å². The van der Waals surface area contributed by atoms with Crippen LogP contribution in [0.25, 0.3) is 17.2 Å². The molecular formula is C44H56N4O6S. The fourth-order valence-corrected chi connectivity index (χ4v) is 8.01. The minimum atomic E-state index is -1.40. The van der Waals surface area contributed by atoms with Crippen molar-refractivity contribution in [2.45, 2.75) is 83.2 Å². The van der Waals surface area contributed by atoms with E-state index in [1.807, 2.05) is 18.2 Å². The van der Waals surface area contributed by atoms with E-state index in [1.54, 1.807) is 43.6 Å². The molecule has 0 aliphatic carbocycles. The van der Waals surface area contributed by atoms with Gasteiger partial charge in [-0.15, -0.1) is 0 Å². The normalized spacial score (nSPS) is 15.2. The molecule has 10 nitrogen and oxygen atoms in total. The van der Waals surface area contributed by atoms with E-state index in [0.29, 0.717) is 61.2 Å². The molecule has 1 unspecified atom stereocenters. The van der Waals surface area contributed by atoms with E-state index in [0.717, 1.165) is 67.1 Å². The van der Waals surface area contributed by atoms with Gasteiger partial charge < -0.3 is 24.4 Å². The van der Waals surface area contributed by atoms with Crippen LogP contribution in [0, 0.1) is 5.92 Å². The fourth-order valence-electron chi connectivity index (χ4n) is 6.70. The van der Waals surface area contributed by atoms with E-state index in [-0.39, 0.29) is 24.1 Å². The number of carbonyl (C=O) groups is 2. The summed E-state index contributed by atoms with van der Waals surface area (Å²) in [7, 11) is -1.40. The molecule has 0 radical (unpaired) electrons. The van der Waals surface area contributed by atoms with Crippen molar-refractivity contribution in [3.05, 3.63) is 77.9 Å². The van der Waals surface area contributed by atoms with Gasteiger partial charge in [0, 0.05) is 60.4 Å². The first-order valence-corrected chi connectivity index (χ1v) is 21.0. The van der Waals surface area contributed by atoms with Gasteiger partial charge in [-0.2, -0.15) is 0 Å². The smallest absolute Gasteiger partial charge is 0.305 e. The number of anilines is 2. The SMILES string of the molecule is CCCCOCCOc1ccc(-c2ccc3c(c2)C=C(C(=O)Nc2ccc(S(=O)CC4(CCCC(=O)OCC)N=CC=N4)cc2)CCCN3CC(C)C)cc1. The van der Waals surface area contributed by atoms with Gasteiger partial charge in [-0.05, 0) is 116 Å². The average Bonchev–Trinajstić information content (AvgIpc) is 3.63. The molecule has 0 saturated heterocycles. The van der Waals surface area contributed by atoms with Crippen molar-refractivity contribution in [2.75, 3.05) is 55.5 Å². The summed E-state index contributed by atoms with van der Waals surface area (Å²) in [6, 6.07) is 21.7. The van der Waals surface area contributed by atoms with Crippen molar-refractivity contribution in [1.29, 1.82) is 0 Å². The van der Waals surface area contributed by atoms with Crippen LogP contribution >= 0.6 is 0 Å². The zero-order chi connectivity index (χ0) is 39.0. The minimum Gasteiger partial charge on any atom is -0.491 e. The third-order valence-electron chi connectivity index (χ3n) is 9.47. The number of fused-ring (bicyclic) bond motifs is 1. The van der Waals surface area contributed by atoms with E-state index in [9.17, 15) is 13.8 Å². The number of nitrogens with zero attached hydrogens (tertiary/aromatic N) is 3. The maximum absolute atomic E-state index is 13.8. The molecule has 2 heterocycles. The monoisotopic (exact) mass is 768 g/mol. The van der Waals surface area contributed by atoms with E-state index < -0.39 is 16.5 Å². The number of amides is 1. The lowest BCUT2D eigenvalue weighted by Gasteiger charge is -2.30. The summed E-state index contributed by atoms with van der Waals surface area (Å²) in [5.41, 5.74) is 4.72. The highest BCUT2D eigenvalue weighted by Gasteiger charge is 2.32. The van der Waals surface area contributed by atoms with Gasteiger partial charge in [0.15, 0.2) is 5.66 Å². The molecule has 3 aromatic carbocycles. The van der Waals surface area contributed by atoms with Gasteiger partial charge in [-0.3, -0.25) is 23.8 Å². The summed E-state index contributed by atoms with van der Waals surface area (Å²) in [6.07, 6.45) is 10.2. The van der Waals surface area contributed by atoms with Crippen molar-refractivity contribution < 1.29 is 28.0 Å². The van der Waals surface area contributed by atoms with Crippen LogP contribution in [0.1, 0.15) is 78.2 Å². The first-order chi connectivity index (χ1) is 26.7. The largest absolute Gasteiger partial charge is 0.491 e. The van der Waals surface area contributed by atoms with Gasteiger partial charge >= 0.3 is 5.97 Å². The van der Waals surface area contributed by atoms with E-state index in [2.05, 4.69) is 71.3 Å².